The van der Waals surface area contributed by atoms with Crippen molar-refractivity contribution < 1.29 is 9.84 Å². The van der Waals surface area contributed by atoms with E-state index in [0.29, 0.717) is 0 Å². The van der Waals surface area contributed by atoms with E-state index in [9.17, 15) is 5.11 Å². The molecule has 0 aliphatic heterocycles. The van der Waals surface area contributed by atoms with Crippen LogP contribution in [0.3, 0.4) is 0 Å². The third kappa shape index (κ3) is 4.67. The van der Waals surface area contributed by atoms with Crippen LogP contribution in [0.2, 0.25) is 0 Å². The largest absolute Gasteiger partial charge is 0.394 e. The summed E-state index contributed by atoms with van der Waals surface area (Å²) in [6, 6.07) is 20.9. The summed E-state index contributed by atoms with van der Waals surface area (Å²) in [5.41, 5.74) is 2.52. The van der Waals surface area contributed by atoms with Gasteiger partial charge < -0.3 is 9.84 Å². The Morgan fingerprint density at radius 2 is 1.36 bits per heavy atom. The van der Waals surface area contributed by atoms with Gasteiger partial charge in [0.2, 0.25) is 0 Å². The van der Waals surface area contributed by atoms with E-state index in [4.69, 9.17) is 4.74 Å². The summed E-state index contributed by atoms with van der Waals surface area (Å²) < 4.78 is 5.43. The van der Waals surface area contributed by atoms with Crippen LogP contribution in [0.5, 0.6) is 0 Å². The molecule has 2 unspecified atom stereocenters. The smallest absolute Gasteiger partial charge is 0.0954 e. The molecule has 2 atom stereocenters. The Hall–Kier alpha value is -1.68. The van der Waals surface area contributed by atoms with Crippen molar-refractivity contribution in [2.75, 3.05) is 13.7 Å². The molecule has 0 fully saturated rings. The molecule has 22 heavy (non-hydrogen) atoms. The Kier molecular flexibility index (Phi) is 6.59. The minimum absolute atomic E-state index is 0.0255. The maximum atomic E-state index is 9.53. The zero-order chi connectivity index (χ0) is 15.8. The molecular formula is C19H25NO2. The number of aliphatic hydroxyl groups excluding tert-OH is 1. The van der Waals surface area contributed by atoms with Gasteiger partial charge in [0.25, 0.3) is 0 Å². The Morgan fingerprint density at radius 1 is 0.909 bits per heavy atom. The summed E-state index contributed by atoms with van der Waals surface area (Å²) in [5.74, 6) is 0. The van der Waals surface area contributed by atoms with Gasteiger partial charge in [-0.2, -0.15) is 0 Å². The van der Waals surface area contributed by atoms with E-state index < -0.39 is 0 Å². The monoisotopic (exact) mass is 299 g/mol. The van der Waals surface area contributed by atoms with Gasteiger partial charge in [-0.25, -0.2) is 0 Å². The minimum atomic E-state index is -0.188. The first kappa shape index (κ1) is 16.7. The molecule has 0 heterocycles. The number of hydrogen-bond acceptors (Lipinski definition) is 3. The molecule has 3 heteroatoms. The highest BCUT2D eigenvalue weighted by Gasteiger charge is 2.23. The number of nitrogens with zero attached hydrogens (tertiary/aromatic N) is 1. The zero-order valence-electron chi connectivity index (χ0n) is 13.4. The number of rotatable bonds is 8. The van der Waals surface area contributed by atoms with Crippen LogP contribution >= 0.6 is 0 Å². The fourth-order valence-electron chi connectivity index (χ4n) is 2.64. The first-order valence-electron chi connectivity index (χ1n) is 7.70. The number of aliphatic hydroxyl groups is 1. The Morgan fingerprint density at radius 3 is 1.73 bits per heavy atom. The number of methoxy groups -OCH3 is 1. The molecule has 0 aliphatic rings. The fraction of sp³-hybridized carbons (Fsp3) is 0.368. The molecule has 0 saturated heterocycles. The third-order valence-electron chi connectivity index (χ3n) is 4.05. The lowest BCUT2D eigenvalue weighted by atomic mass is 10.1. The van der Waals surface area contributed by atoms with E-state index in [0.717, 1.165) is 13.1 Å². The summed E-state index contributed by atoms with van der Waals surface area (Å²) in [4.78, 5) is 2.34. The number of hydrogen-bond donors (Lipinski definition) is 1. The molecule has 1 N–H and O–H groups in total. The number of benzene rings is 2. The van der Waals surface area contributed by atoms with Crippen LogP contribution in [0, 0.1) is 0 Å². The van der Waals surface area contributed by atoms with Crippen molar-refractivity contribution in [3.05, 3.63) is 71.8 Å². The predicted octanol–water partition coefficient (Wildman–Crippen LogP) is 3.08. The van der Waals surface area contributed by atoms with Crippen LogP contribution in [-0.4, -0.2) is 35.9 Å². The SMILES string of the molecule is COC(CO)C(C)N(Cc1ccccc1)Cc1ccccc1. The molecule has 0 aliphatic carbocycles. The highest BCUT2D eigenvalue weighted by molar-refractivity contribution is 5.17. The average Bonchev–Trinajstić information content (AvgIpc) is 2.57. The van der Waals surface area contributed by atoms with Crippen molar-refractivity contribution in [1.29, 1.82) is 0 Å². The highest BCUT2D eigenvalue weighted by atomic mass is 16.5. The van der Waals surface area contributed by atoms with Crippen molar-refractivity contribution in [2.24, 2.45) is 0 Å². The minimum Gasteiger partial charge on any atom is -0.394 e. The van der Waals surface area contributed by atoms with Crippen LogP contribution < -0.4 is 0 Å². The summed E-state index contributed by atoms with van der Waals surface area (Å²) in [6.45, 7) is 3.79. The molecule has 2 aromatic carbocycles. The molecule has 2 aromatic rings. The molecule has 118 valence electrons. The molecule has 0 spiro atoms. The second-order valence-electron chi connectivity index (χ2n) is 5.57. The zero-order valence-corrected chi connectivity index (χ0v) is 13.4. The van der Waals surface area contributed by atoms with Gasteiger partial charge in [-0.1, -0.05) is 60.7 Å². The topological polar surface area (TPSA) is 32.7 Å². The summed E-state index contributed by atoms with van der Waals surface area (Å²) in [7, 11) is 1.65. The van der Waals surface area contributed by atoms with Crippen molar-refractivity contribution in [2.45, 2.75) is 32.2 Å². The first-order chi connectivity index (χ1) is 10.7. The van der Waals surface area contributed by atoms with E-state index in [1.54, 1.807) is 7.11 Å². The van der Waals surface area contributed by atoms with E-state index in [1.807, 2.05) is 12.1 Å². The van der Waals surface area contributed by atoms with Gasteiger partial charge in [0.1, 0.15) is 0 Å². The summed E-state index contributed by atoms with van der Waals surface area (Å²) >= 11 is 0. The lowest BCUT2D eigenvalue weighted by molar-refractivity contribution is -0.0180. The highest BCUT2D eigenvalue weighted by Crippen LogP contribution is 2.16. The fourth-order valence-corrected chi connectivity index (χ4v) is 2.64. The Labute approximate surface area is 133 Å². The Bertz CT molecular complexity index is 484. The van der Waals surface area contributed by atoms with E-state index in [2.05, 4.69) is 60.4 Å². The van der Waals surface area contributed by atoms with Gasteiger partial charge in [0.15, 0.2) is 0 Å². The number of ether oxygens (including phenoxy) is 1. The second kappa shape index (κ2) is 8.69. The van der Waals surface area contributed by atoms with Crippen molar-refractivity contribution in [3.8, 4) is 0 Å². The molecule has 3 nitrogen and oxygen atoms in total. The quantitative estimate of drug-likeness (QED) is 0.813. The molecule has 0 amide bonds. The standard InChI is InChI=1S/C19H25NO2/c1-16(19(15-21)22-2)20(13-17-9-5-3-6-10-17)14-18-11-7-4-8-12-18/h3-12,16,19,21H,13-15H2,1-2H3. The van der Waals surface area contributed by atoms with Crippen molar-refractivity contribution in [3.63, 3.8) is 0 Å². The van der Waals surface area contributed by atoms with Crippen LogP contribution in [0.1, 0.15) is 18.1 Å². The summed E-state index contributed by atoms with van der Waals surface area (Å²) in [5, 5.41) is 9.53. The average molecular weight is 299 g/mol. The second-order valence-corrected chi connectivity index (χ2v) is 5.57. The summed E-state index contributed by atoms with van der Waals surface area (Å²) in [6.07, 6.45) is -0.188. The van der Waals surface area contributed by atoms with Crippen molar-refractivity contribution >= 4 is 0 Å². The third-order valence-corrected chi connectivity index (χ3v) is 4.05. The molecule has 0 bridgehead atoms. The van der Waals surface area contributed by atoms with Crippen LogP contribution in [0.15, 0.2) is 60.7 Å². The molecular weight excluding hydrogens is 274 g/mol. The maximum absolute atomic E-state index is 9.53. The van der Waals surface area contributed by atoms with Gasteiger partial charge in [-0.3, -0.25) is 4.90 Å². The molecule has 0 saturated carbocycles. The molecule has 0 aromatic heterocycles. The lowest BCUT2D eigenvalue weighted by Crippen LogP contribution is -2.43. The van der Waals surface area contributed by atoms with Gasteiger partial charge in [0.05, 0.1) is 12.7 Å². The van der Waals surface area contributed by atoms with Gasteiger partial charge in [0, 0.05) is 26.2 Å². The Balaban J connectivity index is 2.16. The van der Waals surface area contributed by atoms with Gasteiger partial charge in [-0.15, -0.1) is 0 Å². The molecule has 2 rings (SSSR count). The van der Waals surface area contributed by atoms with Gasteiger partial charge in [-0.05, 0) is 18.1 Å². The normalized spacial score (nSPS) is 14.0. The van der Waals surface area contributed by atoms with Crippen LogP contribution in [0.4, 0.5) is 0 Å². The van der Waals surface area contributed by atoms with E-state index in [-0.39, 0.29) is 18.8 Å². The van der Waals surface area contributed by atoms with Crippen LogP contribution in [-0.2, 0) is 17.8 Å². The molecule has 0 radical (unpaired) electrons. The van der Waals surface area contributed by atoms with E-state index >= 15 is 0 Å². The lowest BCUT2D eigenvalue weighted by Gasteiger charge is -2.33. The van der Waals surface area contributed by atoms with E-state index in [1.165, 1.54) is 11.1 Å². The first-order valence-corrected chi connectivity index (χ1v) is 7.70. The van der Waals surface area contributed by atoms with Gasteiger partial charge >= 0.3 is 0 Å². The van der Waals surface area contributed by atoms with Crippen LogP contribution in [0.25, 0.3) is 0 Å². The maximum Gasteiger partial charge on any atom is 0.0954 e. The predicted molar refractivity (Wildman–Crippen MR) is 89.5 cm³/mol. The van der Waals surface area contributed by atoms with Crippen molar-refractivity contribution in [1.82, 2.24) is 4.90 Å².